The van der Waals surface area contributed by atoms with E-state index in [0.717, 1.165) is 18.4 Å². The van der Waals surface area contributed by atoms with Crippen molar-refractivity contribution in [2.45, 2.75) is 31.6 Å². The summed E-state index contributed by atoms with van der Waals surface area (Å²) in [5.74, 6) is 1.52. The highest BCUT2D eigenvalue weighted by Crippen LogP contribution is 2.40. The van der Waals surface area contributed by atoms with Gasteiger partial charge in [-0.3, -0.25) is 0 Å². The van der Waals surface area contributed by atoms with Crippen LogP contribution >= 0.6 is 0 Å². The molecule has 1 aromatic heterocycles. The Kier molecular flexibility index (Phi) is 3.37. The number of fused-ring (bicyclic) bond motifs is 1. The molecule has 18 heavy (non-hydrogen) atoms. The second-order valence-electron chi connectivity index (χ2n) is 5.50. The molecular formula is C16H22N2. The van der Waals surface area contributed by atoms with E-state index in [1.807, 2.05) is 0 Å². The molecule has 0 saturated heterocycles. The zero-order valence-corrected chi connectivity index (χ0v) is 11.1. The standard InChI is InChI=1S/C16H22N2/c1-17-10-12-6-2-3-7-13(12)15-11-18-16-9-5-4-8-14(15)16/h4-5,8-9,11-13,17-18H,2-3,6-7,10H2,1H3. The van der Waals surface area contributed by atoms with Gasteiger partial charge in [-0.15, -0.1) is 0 Å². The first kappa shape index (κ1) is 11.8. The molecule has 1 aliphatic rings. The van der Waals surface area contributed by atoms with E-state index >= 15 is 0 Å². The summed E-state index contributed by atoms with van der Waals surface area (Å²) >= 11 is 0. The Balaban J connectivity index is 1.96. The lowest BCUT2D eigenvalue weighted by Gasteiger charge is -2.31. The molecule has 1 fully saturated rings. The van der Waals surface area contributed by atoms with Crippen LogP contribution in [0.1, 0.15) is 37.2 Å². The van der Waals surface area contributed by atoms with E-state index in [2.05, 4.69) is 47.8 Å². The first-order valence-corrected chi connectivity index (χ1v) is 7.11. The van der Waals surface area contributed by atoms with Crippen molar-refractivity contribution in [1.29, 1.82) is 0 Å². The first-order valence-electron chi connectivity index (χ1n) is 7.11. The summed E-state index contributed by atoms with van der Waals surface area (Å²) in [5, 5.41) is 4.79. The average molecular weight is 242 g/mol. The third-order valence-electron chi connectivity index (χ3n) is 4.40. The number of rotatable bonds is 3. The number of para-hydroxylation sites is 1. The third kappa shape index (κ3) is 2.05. The monoisotopic (exact) mass is 242 g/mol. The van der Waals surface area contributed by atoms with Gasteiger partial charge >= 0.3 is 0 Å². The minimum absolute atomic E-state index is 0.724. The van der Waals surface area contributed by atoms with Crippen LogP contribution in [-0.2, 0) is 0 Å². The molecule has 2 unspecified atom stereocenters. The minimum Gasteiger partial charge on any atom is -0.361 e. The van der Waals surface area contributed by atoms with Gasteiger partial charge in [-0.2, -0.15) is 0 Å². The van der Waals surface area contributed by atoms with Crippen LogP contribution in [0.25, 0.3) is 10.9 Å². The highest BCUT2D eigenvalue weighted by molar-refractivity contribution is 5.83. The molecular weight excluding hydrogens is 220 g/mol. The predicted molar refractivity (Wildman–Crippen MR) is 76.9 cm³/mol. The number of aromatic amines is 1. The van der Waals surface area contributed by atoms with E-state index in [1.165, 1.54) is 42.1 Å². The minimum atomic E-state index is 0.724. The van der Waals surface area contributed by atoms with Gasteiger partial charge in [0.2, 0.25) is 0 Å². The van der Waals surface area contributed by atoms with Gasteiger partial charge < -0.3 is 10.3 Å². The van der Waals surface area contributed by atoms with Gasteiger partial charge in [-0.05, 0) is 49.9 Å². The molecule has 0 bridgehead atoms. The number of hydrogen-bond acceptors (Lipinski definition) is 1. The smallest absolute Gasteiger partial charge is 0.0456 e. The van der Waals surface area contributed by atoms with Crippen LogP contribution in [0.3, 0.4) is 0 Å². The van der Waals surface area contributed by atoms with Crippen LogP contribution in [0, 0.1) is 5.92 Å². The average Bonchev–Trinajstić information content (AvgIpc) is 2.84. The molecule has 3 rings (SSSR count). The summed E-state index contributed by atoms with van der Waals surface area (Å²) < 4.78 is 0. The second-order valence-corrected chi connectivity index (χ2v) is 5.50. The zero-order chi connectivity index (χ0) is 12.4. The summed E-state index contributed by atoms with van der Waals surface area (Å²) in [7, 11) is 2.07. The molecule has 0 amide bonds. The molecule has 2 N–H and O–H groups in total. The van der Waals surface area contributed by atoms with Gasteiger partial charge in [-0.1, -0.05) is 31.0 Å². The maximum absolute atomic E-state index is 3.43. The fraction of sp³-hybridized carbons (Fsp3) is 0.500. The van der Waals surface area contributed by atoms with Crippen LogP contribution in [0.4, 0.5) is 0 Å². The van der Waals surface area contributed by atoms with E-state index in [1.54, 1.807) is 0 Å². The summed E-state index contributed by atoms with van der Waals surface area (Å²) in [6.07, 6.45) is 7.72. The van der Waals surface area contributed by atoms with E-state index in [0.29, 0.717) is 0 Å². The normalized spacial score (nSPS) is 24.5. The molecule has 0 spiro atoms. The lowest BCUT2D eigenvalue weighted by atomic mass is 9.75. The highest BCUT2D eigenvalue weighted by Gasteiger charge is 2.27. The van der Waals surface area contributed by atoms with Gasteiger partial charge in [0.05, 0.1) is 0 Å². The van der Waals surface area contributed by atoms with E-state index in [9.17, 15) is 0 Å². The quantitative estimate of drug-likeness (QED) is 0.844. The number of hydrogen-bond donors (Lipinski definition) is 2. The van der Waals surface area contributed by atoms with E-state index in [-0.39, 0.29) is 0 Å². The molecule has 0 aliphatic heterocycles. The van der Waals surface area contributed by atoms with Crippen LogP contribution in [-0.4, -0.2) is 18.6 Å². The molecule has 1 aromatic carbocycles. The Morgan fingerprint density at radius 2 is 2.06 bits per heavy atom. The van der Waals surface area contributed by atoms with Gasteiger partial charge in [0.25, 0.3) is 0 Å². The Morgan fingerprint density at radius 3 is 2.94 bits per heavy atom. The number of benzene rings is 1. The Hall–Kier alpha value is -1.28. The molecule has 1 heterocycles. The van der Waals surface area contributed by atoms with Crippen molar-refractivity contribution in [2.75, 3.05) is 13.6 Å². The third-order valence-corrected chi connectivity index (χ3v) is 4.40. The van der Waals surface area contributed by atoms with Gasteiger partial charge in [0, 0.05) is 17.1 Å². The van der Waals surface area contributed by atoms with Gasteiger partial charge in [-0.25, -0.2) is 0 Å². The maximum atomic E-state index is 3.43. The highest BCUT2D eigenvalue weighted by atomic mass is 14.8. The molecule has 96 valence electrons. The van der Waals surface area contributed by atoms with Crippen molar-refractivity contribution in [3.8, 4) is 0 Å². The molecule has 1 aliphatic carbocycles. The molecule has 2 aromatic rings. The lowest BCUT2D eigenvalue weighted by molar-refractivity contribution is 0.302. The van der Waals surface area contributed by atoms with E-state index in [4.69, 9.17) is 0 Å². The number of nitrogens with one attached hydrogen (secondary N) is 2. The maximum Gasteiger partial charge on any atom is 0.0456 e. The Labute approximate surface area is 109 Å². The van der Waals surface area contributed by atoms with Crippen LogP contribution < -0.4 is 5.32 Å². The largest absolute Gasteiger partial charge is 0.361 e. The van der Waals surface area contributed by atoms with Crippen molar-refractivity contribution in [3.63, 3.8) is 0 Å². The van der Waals surface area contributed by atoms with Crippen molar-refractivity contribution in [3.05, 3.63) is 36.0 Å². The molecule has 2 atom stereocenters. The Bertz CT molecular complexity index is 513. The summed E-state index contributed by atoms with van der Waals surface area (Å²) in [6.45, 7) is 1.14. The molecule has 2 nitrogen and oxygen atoms in total. The topological polar surface area (TPSA) is 27.8 Å². The van der Waals surface area contributed by atoms with Crippen molar-refractivity contribution < 1.29 is 0 Å². The van der Waals surface area contributed by atoms with Crippen LogP contribution in [0.2, 0.25) is 0 Å². The van der Waals surface area contributed by atoms with Crippen molar-refractivity contribution in [2.24, 2.45) is 5.92 Å². The van der Waals surface area contributed by atoms with Crippen LogP contribution in [0.15, 0.2) is 30.5 Å². The zero-order valence-electron chi connectivity index (χ0n) is 11.1. The number of aromatic nitrogens is 1. The molecule has 0 radical (unpaired) electrons. The molecule has 1 saturated carbocycles. The summed E-state index contributed by atoms with van der Waals surface area (Å²) in [6, 6.07) is 8.69. The fourth-order valence-corrected chi connectivity index (χ4v) is 3.52. The van der Waals surface area contributed by atoms with Crippen LogP contribution in [0.5, 0.6) is 0 Å². The summed E-state index contributed by atoms with van der Waals surface area (Å²) in [5.41, 5.74) is 2.81. The van der Waals surface area contributed by atoms with Gasteiger partial charge in [0.15, 0.2) is 0 Å². The van der Waals surface area contributed by atoms with Crippen molar-refractivity contribution in [1.82, 2.24) is 10.3 Å². The SMILES string of the molecule is CNCC1CCCCC1c1c[nH]c2ccccc12. The summed E-state index contributed by atoms with van der Waals surface area (Å²) in [4.78, 5) is 3.43. The van der Waals surface area contributed by atoms with E-state index < -0.39 is 0 Å². The molecule has 2 heteroatoms. The first-order chi connectivity index (χ1) is 8.90. The predicted octanol–water partition coefficient (Wildman–Crippen LogP) is 3.66. The second kappa shape index (κ2) is 5.15. The lowest BCUT2D eigenvalue weighted by Crippen LogP contribution is -2.27. The fourth-order valence-electron chi connectivity index (χ4n) is 3.52. The Morgan fingerprint density at radius 1 is 1.22 bits per heavy atom. The van der Waals surface area contributed by atoms with Crippen molar-refractivity contribution >= 4 is 10.9 Å². The van der Waals surface area contributed by atoms with Gasteiger partial charge in [0.1, 0.15) is 0 Å². The number of H-pyrrole nitrogens is 1.